The van der Waals surface area contributed by atoms with Crippen LogP contribution in [0.15, 0.2) is 82.1 Å². The minimum atomic E-state index is -3.71. The van der Waals surface area contributed by atoms with Gasteiger partial charge in [0.25, 0.3) is 5.91 Å². The average molecular weight is 417 g/mol. The second-order valence-corrected chi connectivity index (χ2v) is 8.79. The molecule has 0 aliphatic rings. The summed E-state index contributed by atoms with van der Waals surface area (Å²) in [5, 5.41) is 1.95. The van der Waals surface area contributed by atoms with E-state index in [1.54, 1.807) is 46.8 Å². The van der Waals surface area contributed by atoms with Crippen molar-refractivity contribution in [2.24, 2.45) is 0 Å². The van der Waals surface area contributed by atoms with E-state index in [0.29, 0.717) is 17.9 Å². The zero-order valence-corrected chi connectivity index (χ0v) is 16.7. The summed E-state index contributed by atoms with van der Waals surface area (Å²) < 4.78 is 32.5. The van der Waals surface area contributed by atoms with Crippen LogP contribution in [0.3, 0.4) is 0 Å². The lowest BCUT2D eigenvalue weighted by molar-refractivity contribution is 0.0719. The van der Waals surface area contributed by atoms with Crippen LogP contribution in [0.25, 0.3) is 0 Å². The van der Waals surface area contributed by atoms with Crippen molar-refractivity contribution >= 4 is 27.3 Å². The number of carbonyl (C=O) groups is 1. The van der Waals surface area contributed by atoms with Gasteiger partial charge in [0.2, 0.25) is 10.0 Å². The minimum absolute atomic E-state index is 0.0364. The fraction of sp³-hybridized carbons (Fsp3) is 0.150. The highest BCUT2D eigenvalue weighted by atomic mass is 32.2. The summed E-state index contributed by atoms with van der Waals surface area (Å²) in [6.45, 7) is 4.31. The van der Waals surface area contributed by atoms with Crippen LogP contribution in [0, 0.1) is 0 Å². The van der Waals surface area contributed by atoms with Gasteiger partial charge in [0, 0.05) is 17.0 Å². The maximum Gasteiger partial charge on any atom is 0.254 e. The first kappa shape index (κ1) is 20.1. The standard InChI is InChI=1S/C20H20N2O4S2/c1-2-10-21-28(24,25)19-9-3-6-16(13-19)20(23)22(14-17-7-4-11-26-17)15-18-8-5-12-27-18/h2-9,11-13,21H,1,10,14-15H2. The van der Waals surface area contributed by atoms with Crippen molar-refractivity contribution < 1.29 is 17.6 Å². The molecule has 146 valence electrons. The Hall–Kier alpha value is -2.68. The highest BCUT2D eigenvalue weighted by molar-refractivity contribution is 7.89. The van der Waals surface area contributed by atoms with Crippen molar-refractivity contribution in [2.75, 3.05) is 6.54 Å². The molecule has 0 aliphatic heterocycles. The van der Waals surface area contributed by atoms with E-state index in [1.807, 2.05) is 17.5 Å². The summed E-state index contributed by atoms with van der Waals surface area (Å²) in [5.41, 5.74) is 0.296. The molecule has 8 heteroatoms. The van der Waals surface area contributed by atoms with E-state index in [9.17, 15) is 13.2 Å². The molecular weight excluding hydrogens is 396 g/mol. The van der Waals surface area contributed by atoms with E-state index in [1.165, 1.54) is 18.2 Å². The Morgan fingerprint density at radius 1 is 1.18 bits per heavy atom. The van der Waals surface area contributed by atoms with E-state index in [2.05, 4.69) is 11.3 Å². The van der Waals surface area contributed by atoms with E-state index in [0.717, 1.165) is 4.88 Å². The van der Waals surface area contributed by atoms with Crippen LogP contribution in [0.5, 0.6) is 0 Å². The molecule has 0 radical (unpaired) electrons. The molecule has 6 nitrogen and oxygen atoms in total. The molecular formula is C20H20N2O4S2. The highest BCUT2D eigenvalue weighted by Gasteiger charge is 2.21. The molecule has 0 spiro atoms. The van der Waals surface area contributed by atoms with E-state index < -0.39 is 10.0 Å². The summed E-state index contributed by atoms with van der Waals surface area (Å²) in [6.07, 6.45) is 3.01. The van der Waals surface area contributed by atoms with Crippen molar-refractivity contribution in [3.05, 3.63) is 89.0 Å². The van der Waals surface area contributed by atoms with Crippen LogP contribution in [-0.4, -0.2) is 25.8 Å². The normalized spacial score (nSPS) is 11.3. The van der Waals surface area contributed by atoms with Gasteiger partial charge in [-0.2, -0.15) is 0 Å². The number of benzene rings is 1. The number of carbonyl (C=O) groups excluding carboxylic acids is 1. The van der Waals surface area contributed by atoms with E-state index >= 15 is 0 Å². The van der Waals surface area contributed by atoms with Gasteiger partial charge >= 0.3 is 0 Å². The van der Waals surface area contributed by atoms with Crippen LogP contribution >= 0.6 is 11.3 Å². The van der Waals surface area contributed by atoms with Crippen LogP contribution in [-0.2, 0) is 23.1 Å². The molecule has 0 saturated carbocycles. The topological polar surface area (TPSA) is 79.6 Å². The Labute approximate surface area is 168 Å². The van der Waals surface area contributed by atoms with E-state index in [-0.39, 0.29) is 23.9 Å². The van der Waals surface area contributed by atoms with Crippen molar-refractivity contribution in [3.8, 4) is 0 Å². The fourth-order valence-electron chi connectivity index (χ4n) is 2.61. The van der Waals surface area contributed by atoms with Gasteiger partial charge in [-0.3, -0.25) is 4.79 Å². The third-order valence-electron chi connectivity index (χ3n) is 3.95. The minimum Gasteiger partial charge on any atom is -0.467 e. The summed E-state index contributed by atoms with van der Waals surface area (Å²) in [7, 11) is -3.71. The summed E-state index contributed by atoms with van der Waals surface area (Å²) in [5.74, 6) is 0.381. The lowest BCUT2D eigenvalue weighted by atomic mass is 10.2. The summed E-state index contributed by atoms with van der Waals surface area (Å²) >= 11 is 1.55. The second kappa shape index (κ2) is 9.01. The molecule has 1 amide bonds. The van der Waals surface area contributed by atoms with Crippen LogP contribution < -0.4 is 4.72 Å². The monoisotopic (exact) mass is 416 g/mol. The molecule has 0 unspecified atom stereocenters. The molecule has 1 N–H and O–H groups in total. The first-order valence-corrected chi connectivity index (χ1v) is 10.9. The Balaban J connectivity index is 1.87. The number of hydrogen-bond donors (Lipinski definition) is 1. The number of sulfonamides is 1. The van der Waals surface area contributed by atoms with Crippen molar-refractivity contribution in [1.29, 1.82) is 0 Å². The largest absolute Gasteiger partial charge is 0.467 e. The molecule has 3 rings (SSSR count). The van der Waals surface area contributed by atoms with E-state index in [4.69, 9.17) is 4.42 Å². The SMILES string of the molecule is C=CCNS(=O)(=O)c1cccc(C(=O)N(Cc2ccco2)Cc2cccs2)c1. The quantitative estimate of drug-likeness (QED) is 0.540. The molecule has 0 fully saturated rings. The van der Waals surface area contributed by atoms with Crippen molar-refractivity contribution in [3.63, 3.8) is 0 Å². The predicted molar refractivity (Wildman–Crippen MR) is 108 cm³/mol. The number of hydrogen-bond acceptors (Lipinski definition) is 5. The smallest absolute Gasteiger partial charge is 0.254 e. The lowest BCUT2D eigenvalue weighted by Crippen LogP contribution is -2.30. The number of amides is 1. The fourth-order valence-corrected chi connectivity index (χ4v) is 4.37. The van der Waals surface area contributed by atoms with Crippen molar-refractivity contribution in [2.45, 2.75) is 18.0 Å². The van der Waals surface area contributed by atoms with Crippen LogP contribution in [0.1, 0.15) is 21.0 Å². The first-order chi connectivity index (χ1) is 13.5. The number of furan rings is 1. The number of rotatable bonds is 9. The summed E-state index contributed by atoms with van der Waals surface area (Å²) in [4.78, 5) is 15.8. The van der Waals surface area contributed by atoms with Gasteiger partial charge < -0.3 is 9.32 Å². The molecule has 0 atom stereocenters. The van der Waals surface area contributed by atoms with Gasteiger partial charge in [-0.15, -0.1) is 17.9 Å². The van der Waals surface area contributed by atoms with Gasteiger partial charge in [0.15, 0.2) is 0 Å². The van der Waals surface area contributed by atoms with Crippen LogP contribution in [0.2, 0.25) is 0 Å². The Kier molecular flexibility index (Phi) is 6.45. The van der Waals surface area contributed by atoms with Gasteiger partial charge in [-0.05, 0) is 41.8 Å². The Morgan fingerprint density at radius 2 is 2.04 bits per heavy atom. The van der Waals surface area contributed by atoms with Gasteiger partial charge in [-0.1, -0.05) is 18.2 Å². The summed E-state index contributed by atoms with van der Waals surface area (Å²) in [6, 6.07) is 13.5. The van der Waals surface area contributed by atoms with Crippen LogP contribution in [0.4, 0.5) is 0 Å². The molecule has 2 heterocycles. The lowest BCUT2D eigenvalue weighted by Gasteiger charge is -2.21. The predicted octanol–water partition coefficient (Wildman–Crippen LogP) is 3.65. The second-order valence-electron chi connectivity index (χ2n) is 5.99. The molecule has 28 heavy (non-hydrogen) atoms. The average Bonchev–Trinajstić information content (AvgIpc) is 3.40. The Bertz CT molecular complexity index is 990. The maximum atomic E-state index is 13.1. The molecule has 0 aliphatic carbocycles. The molecule has 0 bridgehead atoms. The maximum absolute atomic E-state index is 13.1. The highest BCUT2D eigenvalue weighted by Crippen LogP contribution is 2.19. The van der Waals surface area contributed by atoms with Gasteiger partial charge in [0.05, 0.1) is 24.2 Å². The Morgan fingerprint density at radius 3 is 2.71 bits per heavy atom. The van der Waals surface area contributed by atoms with Gasteiger partial charge in [-0.25, -0.2) is 13.1 Å². The molecule has 3 aromatic rings. The van der Waals surface area contributed by atoms with Gasteiger partial charge in [0.1, 0.15) is 5.76 Å². The van der Waals surface area contributed by atoms with Crippen molar-refractivity contribution in [1.82, 2.24) is 9.62 Å². The molecule has 2 aromatic heterocycles. The number of nitrogens with one attached hydrogen (secondary N) is 1. The molecule has 1 aromatic carbocycles. The first-order valence-electron chi connectivity index (χ1n) is 8.54. The third kappa shape index (κ3) is 4.98. The number of nitrogens with zero attached hydrogens (tertiary/aromatic N) is 1. The zero-order chi connectivity index (χ0) is 20.0. The molecule has 0 saturated heterocycles. The number of thiophene rings is 1. The zero-order valence-electron chi connectivity index (χ0n) is 15.1. The third-order valence-corrected chi connectivity index (χ3v) is 6.23.